The van der Waals surface area contributed by atoms with Crippen LogP contribution in [0.4, 0.5) is 0 Å². The SMILES string of the molecule is C=CCCC[N][C@@H](Cc1ccccc1)C(=O)OC. The second-order valence-corrected chi connectivity index (χ2v) is 4.07. The molecule has 1 aromatic carbocycles. The number of allylic oxidation sites excluding steroid dienone is 1. The highest BCUT2D eigenvalue weighted by molar-refractivity contribution is 5.76. The van der Waals surface area contributed by atoms with Gasteiger partial charge >= 0.3 is 5.97 Å². The van der Waals surface area contributed by atoms with Crippen LogP contribution in [0.15, 0.2) is 43.0 Å². The Morgan fingerprint density at radius 2 is 2.17 bits per heavy atom. The van der Waals surface area contributed by atoms with Gasteiger partial charge in [-0.2, -0.15) is 0 Å². The van der Waals surface area contributed by atoms with Gasteiger partial charge in [0.05, 0.1) is 7.11 Å². The summed E-state index contributed by atoms with van der Waals surface area (Å²) in [7, 11) is 1.40. The van der Waals surface area contributed by atoms with E-state index >= 15 is 0 Å². The number of carbonyl (C=O) groups is 1. The van der Waals surface area contributed by atoms with Gasteiger partial charge in [-0.3, -0.25) is 4.79 Å². The Balaban J connectivity index is 2.50. The molecule has 0 unspecified atom stereocenters. The summed E-state index contributed by atoms with van der Waals surface area (Å²) in [4.78, 5) is 11.6. The fourth-order valence-electron chi connectivity index (χ4n) is 1.68. The third-order valence-corrected chi connectivity index (χ3v) is 2.66. The number of methoxy groups -OCH3 is 1. The summed E-state index contributed by atoms with van der Waals surface area (Å²) in [6, 6.07) is 9.47. The van der Waals surface area contributed by atoms with Crippen LogP contribution in [0.1, 0.15) is 18.4 Å². The van der Waals surface area contributed by atoms with Gasteiger partial charge in [-0.05, 0) is 18.4 Å². The molecule has 1 rings (SSSR count). The van der Waals surface area contributed by atoms with Crippen molar-refractivity contribution in [1.29, 1.82) is 0 Å². The first-order chi connectivity index (χ1) is 8.77. The highest BCUT2D eigenvalue weighted by Crippen LogP contribution is 2.05. The lowest BCUT2D eigenvalue weighted by molar-refractivity contribution is -0.143. The van der Waals surface area contributed by atoms with E-state index in [0.29, 0.717) is 13.0 Å². The molecule has 1 atom stereocenters. The number of unbranched alkanes of at least 4 members (excludes halogenated alkanes) is 1. The molecule has 0 saturated carbocycles. The molecule has 0 spiro atoms. The summed E-state index contributed by atoms with van der Waals surface area (Å²) in [5, 5.41) is 4.40. The van der Waals surface area contributed by atoms with Crippen LogP contribution in [-0.2, 0) is 16.0 Å². The van der Waals surface area contributed by atoms with Crippen LogP contribution in [0.3, 0.4) is 0 Å². The molecule has 0 amide bonds. The van der Waals surface area contributed by atoms with Gasteiger partial charge in [0.15, 0.2) is 0 Å². The first kappa shape index (κ1) is 14.5. The van der Waals surface area contributed by atoms with Gasteiger partial charge in [-0.25, -0.2) is 5.32 Å². The zero-order chi connectivity index (χ0) is 13.2. The molecule has 0 aromatic heterocycles. The molecular weight excluding hydrogens is 226 g/mol. The first-order valence-corrected chi connectivity index (χ1v) is 6.17. The normalized spacial score (nSPS) is 11.8. The zero-order valence-corrected chi connectivity index (χ0v) is 10.8. The summed E-state index contributed by atoms with van der Waals surface area (Å²) in [5.74, 6) is -0.266. The van der Waals surface area contributed by atoms with Crippen molar-refractivity contribution in [3.8, 4) is 0 Å². The molecular formula is C15H20NO2. The molecule has 97 valence electrons. The number of esters is 1. The number of ether oxygens (including phenoxy) is 1. The molecule has 0 aliphatic carbocycles. The van der Waals surface area contributed by atoms with Crippen LogP contribution in [0, 0.1) is 0 Å². The summed E-state index contributed by atoms with van der Waals surface area (Å²) in [6.45, 7) is 4.33. The van der Waals surface area contributed by atoms with Crippen molar-refractivity contribution in [3.63, 3.8) is 0 Å². The molecule has 0 heterocycles. The van der Waals surface area contributed by atoms with Crippen LogP contribution in [0.2, 0.25) is 0 Å². The highest BCUT2D eigenvalue weighted by Gasteiger charge is 2.19. The standard InChI is InChI=1S/C15H20NO2/c1-3-4-8-11-16-14(15(17)18-2)12-13-9-6-5-7-10-13/h3,5-7,9-10,14H,1,4,8,11-12H2,2H3/t14-/m0/s1. The van der Waals surface area contributed by atoms with Crippen molar-refractivity contribution in [2.75, 3.05) is 13.7 Å². The molecule has 0 N–H and O–H groups in total. The largest absolute Gasteiger partial charge is 0.468 e. The maximum Gasteiger partial charge on any atom is 0.324 e. The monoisotopic (exact) mass is 246 g/mol. The van der Waals surface area contributed by atoms with Crippen LogP contribution in [-0.4, -0.2) is 25.7 Å². The van der Waals surface area contributed by atoms with Gasteiger partial charge in [0.25, 0.3) is 0 Å². The van der Waals surface area contributed by atoms with Crippen LogP contribution in [0.5, 0.6) is 0 Å². The average molecular weight is 246 g/mol. The van der Waals surface area contributed by atoms with E-state index in [1.807, 2.05) is 36.4 Å². The lowest BCUT2D eigenvalue weighted by atomic mass is 10.1. The third kappa shape index (κ3) is 5.15. The second-order valence-electron chi connectivity index (χ2n) is 4.07. The predicted molar refractivity (Wildman–Crippen MR) is 72.4 cm³/mol. The molecule has 0 aliphatic heterocycles. The fraction of sp³-hybridized carbons (Fsp3) is 0.400. The molecule has 3 nitrogen and oxygen atoms in total. The van der Waals surface area contributed by atoms with Gasteiger partial charge in [0.1, 0.15) is 6.04 Å². The molecule has 18 heavy (non-hydrogen) atoms. The van der Waals surface area contributed by atoms with Crippen molar-refractivity contribution in [1.82, 2.24) is 5.32 Å². The molecule has 1 radical (unpaired) electrons. The minimum Gasteiger partial charge on any atom is -0.468 e. The Morgan fingerprint density at radius 1 is 1.44 bits per heavy atom. The quantitative estimate of drug-likeness (QED) is 0.401. The zero-order valence-electron chi connectivity index (χ0n) is 10.8. The maximum absolute atomic E-state index is 11.6. The Morgan fingerprint density at radius 3 is 2.78 bits per heavy atom. The highest BCUT2D eigenvalue weighted by atomic mass is 16.5. The van der Waals surface area contributed by atoms with Gasteiger partial charge in [-0.15, -0.1) is 6.58 Å². The summed E-state index contributed by atoms with van der Waals surface area (Å²) in [6.07, 6.45) is 4.30. The van der Waals surface area contributed by atoms with E-state index < -0.39 is 6.04 Å². The van der Waals surface area contributed by atoms with Crippen molar-refractivity contribution >= 4 is 5.97 Å². The average Bonchev–Trinajstić information content (AvgIpc) is 2.42. The Labute approximate surface area is 109 Å². The van der Waals surface area contributed by atoms with Crippen molar-refractivity contribution < 1.29 is 9.53 Å². The number of carbonyl (C=O) groups excluding carboxylic acids is 1. The third-order valence-electron chi connectivity index (χ3n) is 2.66. The van der Waals surface area contributed by atoms with Crippen LogP contribution < -0.4 is 5.32 Å². The van der Waals surface area contributed by atoms with E-state index in [1.165, 1.54) is 7.11 Å². The Hall–Kier alpha value is -1.61. The van der Waals surface area contributed by atoms with E-state index in [1.54, 1.807) is 0 Å². The molecule has 0 aliphatic rings. The lowest BCUT2D eigenvalue weighted by Crippen LogP contribution is -2.34. The second kappa shape index (κ2) is 8.48. The molecule has 0 saturated heterocycles. The number of nitrogens with zero attached hydrogens (tertiary/aromatic N) is 1. The lowest BCUT2D eigenvalue weighted by Gasteiger charge is -2.14. The summed E-state index contributed by atoms with van der Waals surface area (Å²) in [5.41, 5.74) is 1.10. The van der Waals surface area contributed by atoms with Gasteiger partial charge in [0.2, 0.25) is 0 Å². The van der Waals surface area contributed by atoms with E-state index in [2.05, 4.69) is 11.9 Å². The van der Waals surface area contributed by atoms with Crippen molar-refractivity contribution in [2.45, 2.75) is 25.3 Å². The Bertz CT molecular complexity index is 362. The minimum atomic E-state index is -0.401. The predicted octanol–water partition coefficient (Wildman–Crippen LogP) is 2.34. The first-order valence-electron chi connectivity index (χ1n) is 6.17. The minimum absolute atomic E-state index is 0.266. The number of benzene rings is 1. The van der Waals surface area contributed by atoms with Crippen LogP contribution in [0.25, 0.3) is 0 Å². The van der Waals surface area contributed by atoms with E-state index in [0.717, 1.165) is 18.4 Å². The molecule has 1 aromatic rings. The van der Waals surface area contributed by atoms with E-state index in [-0.39, 0.29) is 5.97 Å². The number of hydrogen-bond acceptors (Lipinski definition) is 2. The summed E-state index contributed by atoms with van der Waals surface area (Å²) < 4.78 is 4.79. The van der Waals surface area contributed by atoms with Gasteiger partial charge < -0.3 is 4.74 Å². The Kier molecular flexibility index (Phi) is 6.81. The molecule has 3 heteroatoms. The van der Waals surface area contributed by atoms with Crippen molar-refractivity contribution in [2.24, 2.45) is 0 Å². The van der Waals surface area contributed by atoms with E-state index in [4.69, 9.17) is 4.74 Å². The molecule has 0 fully saturated rings. The van der Waals surface area contributed by atoms with Crippen molar-refractivity contribution in [3.05, 3.63) is 48.6 Å². The van der Waals surface area contributed by atoms with Gasteiger partial charge in [0, 0.05) is 13.0 Å². The van der Waals surface area contributed by atoms with Crippen LogP contribution >= 0.6 is 0 Å². The maximum atomic E-state index is 11.6. The smallest absolute Gasteiger partial charge is 0.324 e. The topological polar surface area (TPSA) is 40.4 Å². The fourth-order valence-corrected chi connectivity index (χ4v) is 1.68. The molecule has 0 bridgehead atoms. The van der Waals surface area contributed by atoms with Gasteiger partial charge in [-0.1, -0.05) is 36.4 Å². The number of rotatable bonds is 8. The van der Waals surface area contributed by atoms with E-state index in [9.17, 15) is 4.79 Å². The number of hydrogen-bond donors (Lipinski definition) is 0. The summed E-state index contributed by atoms with van der Waals surface area (Å²) >= 11 is 0.